The first-order chi connectivity index (χ1) is 9.65. The van der Waals surface area contributed by atoms with Gasteiger partial charge in [0.1, 0.15) is 0 Å². The van der Waals surface area contributed by atoms with E-state index in [4.69, 9.17) is 11.6 Å². The first kappa shape index (κ1) is 15.6. The summed E-state index contributed by atoms with van der Waals surface area (Å²) in [6.45, 7) is 12.3. The van der Waals surface area contributed by atoms with Crippen LogP contribution in [0.15, 0.2) is 24.3 Å². The van der Waals surface area contributed by atoms with E-state index >= 15 is 0 Å². The van der Waals surface area contributed by atoms with Crippen molar-refractivity contribution in [1.82, 2.24) is 10.2 Å². The quantitative estimate of drug-likeness (QED) is 0.814. The molecule has 1 saturated heterocycles. The summed E-state index contributed by atoms with van der Waals surface area (Å²) in [5.74, 6) is 0.731. The van der Waals surface area contributed by atoms with Crippen molar-refractivity contribution in [3.8, 4) is 0 Å². The van der Waals surface area contributed by atoms with Crippen LogP contribution in [-0.4, -0.2) is 50.7 Å². The van der Waals surface area contributed by atoms with Gasteiger partial charge in [-0.05, 0) is 30.7 Å². The second-order valence-corrected chi connectivity index (χ2v) is 6.34. The number of anilines is 1. The molecule has 1 aromatic rings. The van der Waals surface area contributed by atoms with Gasteiger partial charge in [-0.25, -0.2) is 0 Å². The molecule has 3 nitrogen and oxygen atoms in total. The zero-order chi connectivity index (χ0) is 14.4. The highest BCUT2D eigenvalue weighted by Crippen LogP contribution is 2.20. The van der Waals surface area contributed by atoms with Crippen LogP contribution in [0.1, 0.15) is 13.8 Å². The first-order valence-corrected chi connectivity index (χ1v) is 7.96. The number of piperazine rings is 1. The highest BCUT2D eigenvalue weighted by atomic mass is 35.5. The molecule has 20 heavy (non-hydrogen) atoms. The van der Waals surface area contributed by atoms with Crippen LogP contribution >= 0.6 is 11.6 Å². The molecule has 4 heteroatoms. The maximum atomic E-state index is 6.06. The standard InChI is InChI=1S/C16H26ClN3/c1-14(2)13-18-6-7-19-8-10-20(11-9-19)16-5-3-4-15(17)12-16/h3-5,12,14,18H,6-11,13H2,1-2H3. The molecule has 1 fully saturated rings. The number of benzene rings is 1. The second kappa shape index (κ2) is 7.87. The molecule has 0 unspecified atom stereocenters. The normalized spacial score (nSPS) is 16.9. The molecule has 0 spiro atoms. The largest absolute Gasteiger partial charge is 0.369 e. The molecular weight excluding hydrogens is 270 g/mol. The maximum absolute atomic E-state index is 6.06. The molecule has 0 saturated carbocycles. The van der Waals surface area contributed by atoms with E-state index in [1.807, 2.05) is 12.1 Å². The smallest absolute Gasteiger partial charge is 0.0426 e. The Labute approximate surface area is 127 Å². The topological polar surface area (TPSA) is 18.5 Å². The predicted molar refractivity (Wildman–Crippen MR) is 87.8 cm³/mol. The van der Waals surface area contributed by atoms with Crippen molar-refractivity contribution in [3.63, 3.8) is 0 Å². The van der Waals surface area contributed by atoms with Crippen LogP contribution in [0.5, 0.6) is 0 Å². The average molecular weight is 296 g/mol. The van der Waals surface area contributed by atoms with Crippen molar-refractivity contribution in [2.45, 2.75) is 13.8 Å². The Morgan fingerprint density at radius 2 is 1.95 bits per heavy atom. The van der Waals surface area contributed by atoms with E-state index < -0.39 is 0 Å². The monoisotopic (exact) mass is 295 g/mol. The summed E-state index contributed by atoms with van der Waals surface area (Å²) < 4.78 is 0. The van der Waals surface area contributed by atoms with Crippen LogP contribution in [0.3, 0.4) is 0 Å². The van der Waals surface area contributed by atoms with Gasteiger partial charge in [0, 0.05) is 50.0 Å². The number of nitrogens with one attached hydrogen (secondary N) is 1. The van der Waals surface area contributed by atoms with Crippen molar-refractivity contribution in [2.75, 3.05) is 50.7 Å². The molecule has 1 aliphatic rings. The van der Waals surface area contributed by atoms with Gasteiger partial charge in [-0.15, -0.1) is 0 Å². The maximum Gasteiger partial charge on any atom is 0.0426 e. The van der Waals surface area contributed by atoms with Crippen LogP contribution in [0.2, 0.25) is 5.02 Å². The van der Waals surface area contributed by atoms with Crippen LogP contribution in [0.25, 0.3) is 0 Å². The van der Waals surface area contributed by atoms with Crippen LogP contribution in [0.4, 0.5) is 5.69 Å². The van der Waals surface area contributed by atoms with Crippen molar-refractivity contribution in [1.29, 1.82) is 0 Å². The molecule has 0 aromatic heterocycles. The summed E-state index contributed by atoms with van der Waals surface area (Å²) in [6, 6.07) is 8.16. The molecule has 1 aliphatic heterocycles. The number of rotatable bonds is 6. The Morgan fingerprint density at radius 3 is 2.60 bits per heavy atom. The minimum Gasteiger partial charge on any atom is -0.369 e. The number of hydrogen-bond donors (Lipinski definition) is 1. The molecule has 1 aromatic carbocycles. The van der Waals surface area contributed by atoms with Crippen molar-refractivity contribution >= 4 is 17.3 Å². The third-order valence-electron chi connectivity index (χ3n) is 3.70. The predicted octanol–water partition coefficient (Wildman–Crippen LogP) is 2.71. The van der Waals surface area contributed by atoms with Gasteiger partial charge >= 0.3 is 0 Å². The average Bonchev–Trinajstić information content (AvgIpc) is 2.44. The molecule has 0 atom stereocenters. The minimum atomic E-state index is 0.731. The summed E-state index contributed by atoms with van der Waals surface area (Å²) in [4.78, 5) is 4.96. The zero-order valence-electron chi connectivity index (χ0n) is 12.6. The summed E-state index contributed by atoms with van der Waals surface area (Å²) in [7, 11) is 0. The Kier molecular flexibility index (Phi) is 6.14. The van der Waals surface area contributed by atoms with Crippen LogP contribution in [-0.2, 0) is 0 Å². The van der Waals surface area contributed by atoms with Gasteiger partial charge in [0.05, 0.1) is 0 Å². The first-order valence-electron chi connectivity index (χ1n) is 7.59. The highest BCUT2D eigenvalue weighted by molar-refractivity contribution is 6.30. The third kappa shape index (κ3) is 4.97. The van der Waals surface area contributed by atoms with Gasteiger partial charge in [-0.1, -0.05) is 31.5 Å². The fourth-order valence-corrected chi connectivity index (χ4v) is 2.71. The summed E-state index contributed by atoms with van der Waals surface area (Å²) in [5, 5.41) is 4.33. The fraction of sp³-hybridized carbons (Fsp3) is 0.625. The Hall–Kier alpha value is -0.770. The molecule has 1 heterocycles. The third-order valence-corrected chi connectivity index (χ3v) is 3.94. The van der Waals surface area contributed by atoms with E-state index in [0.29, 0.717) is 0 Å². The molecule has 0 bridgehead atoms. The number of hydrogen-bond acceptors (Lipinski definition) is 3. The van der Waals surface area contributed by atoms with Gasteiger partial charge < -0.3 is 10.2 Å². The lowest BCUT2D eigenvalue weighted by atomic mass is 10.2. The Balaban J connectivity index is 1.70. The SMILES string of the molecule is CC(C)CNCCN1CCN(c2cccc(Cl)c2)CC1. The molecule has 112 valence electrons. The molecule has 0 aliphatic carbocycles. The zero-order valence-corrected chi connectivity index (χ0v) is 13.4. The van der Waals surface area contributed by atoms with E-state index in [-0.39, 0.29) is 0 Å². The van der Waals surface area contributed by atoms with Crippen LogP contribution < -0.4 is 10.2 Å². The highest BCUT2D eigenvalue weighted by Gasteiger charge is 2.16. The van der Waals surface area contributed by atoms with E-state index in [9.17, 15) is 0 Å². The molecular formula is C16H26ClN3. The fourth-order valence-electron chi connectivity index (χ4n) is 2.53. The van der Waals surface area contributed by atoms with Gasteiger partial charge in [-0.3, -0.25) is 4.90 Å². The van der Waals surface area contributed by atoms with Crippen molar-refractivity contribution in [3.05, 3.63) is 29.3 Å². The second-order valence-electron chi connectivity index (χ2n) is 5.91. The van der Waals surface area contributed by atoms with Gasteiger partial charge in [0.2, 0.25) is 0 Å². The van der Waals surface area contributed by atoms with Gasteiger partial charge in [0.25, 0.3) is 0 Å². The molecule has 0 radical (unpaired) electrons. The lowest BCUT2D eigenvalue weighted by Crippen LogP contribution is -2.48. The van der Waals surface area contributed by atoms with Gasteiger partial charge in [-0.2, -0.15) is 0 Å². The molecule has 2 rings (SSSR count). The van der Waals surface area contributed by atoms with Gasteiger partial charge in [0.15, 0.2) is 0 Å². The summed E-state index contributed by atoms with van der Waals surface area (Å²) >= 11 is 6.06. The van der Waals surface area contributed by atoms with Crippen LogP contribution in [0, 0.1) is 5.92 Å². The lowest BCUT2D eigenvalue weighted by Gasteiger charge is -2.36. The number of nitrogens with zero attached hydrogens (tertiary/aromatic N) is 2. The van der Waals surface area contributed by atoms with E-state index in [2.05, 4.69) is 41.1 Å². The van der Waals surface area contributed by atoms with E-state index in [1.165, 1.54) is 5.69 Å². The van der Waals surface area contributed by atoms with E-state index in [0.717, 1.165) is 56.8 Å². The van der Waals surface area contributed by atoms with E-state index in [1.54, 1.807) is 0 Å². The molecule has 0 amide bonds. The summed E-state index contributed by atoms with van der Waals surface area (Å²) in [6.07, 6.45) is 0. The lowest BCUT2D eigenvalue weighted by molar-refractivity contribution is 0.256. The van der Waals surface area contributed by atoms with Crippen molar-refractivity contribution < 1.29 is 0 Å². The van der Waals surface area contributed by atoms with Crippen molar-refractivity contribution in [2.24, 2.45) is 5.92 Å². The Morgan fingerprint density at radius 1 is 1.20 bits per heavy atom. The Bertz CT molecular complexity index is 400. The number of halogens is 1. The minimum absolute atomic E-state index is 0.731. The summed E-state index contributed by atoms with van der Waals surface area (Å²) in [5.41, 5.74) is 1.25. The molecule has 1 N–H and O–H groups in total.